The minimum Gasteiger partial charge on any atom is -0.506 e. The van der Waals surface area contributed by atoms with E-state index in [1.54, 1.807) is 23.1 Å². The summed E-state index contributed by atoms with van der Waals surface area (Å²) in [6.45, 7) is 0.395. The molecule has 2 N–H and O–H groups in total. The first-order valence-corrected chi connectivity index (χ1v) is 8.38. The molecule has 2 amide bonds. The first-order valence-electron chi connectivity index (χ1n) is 8.00. The van der Waals surface area contributed by atoms with E-state index in [0.717, 1.165) is 0 Å². The molecule has 8 heteroatoms. The van der Waals surface area contributed by atoms with Gasteiger partial charge in [-0.15, -0.1) is 0 Å². The van der Waals surface area contributed by atoms with Crippen LogP contribution in [-0.4, -0.2) is 30.3 Å². The summed E-state index contributed by atoms with van der Waals surface area (Å²) in [5.41, 5.74) is 0.872. The molecule has 4 rings (SSSR count). The highest BCUT2D eigenvalue weighted by atomic mass is 35.5. The largest absolute Gasteiger partial charge is 0.506 e. The van der Waals surface area contributed by atoms with Gasteiger partial charge in [0.15, 0.2) is 11.5 Å². The zero-order chi connectivity index (χ0) is 18.3. The summed E-state index contributed by atoms with van der Waals surface area (Å²) in [4.78, 5) is 26.4. The number of aromatic hydroxyl groups is 1. The Kier molecular flexibility index (Phi) is 4.08. The molecule has 2 aliphatic heterocycles. The minimum atomic E-state index is -0.536. The standard InChI is InChI=1S/C18H15ClN2O5/c19-11-1-3-14(22)13(6-11)20-18(24)10-5-17(23)21(8-10)12-2-4-15-16(7-12)26-9-25-15/h1-4,6-7,10,22H,5,8-9H2,(H,20,24). The van der Waals surface area contributed by atoms with Gasteiger partial charge >= 0.3 is 0 Å². The molecule has 26 heavy (non-hydrogen) atoms. The van der Waals surface area contributed by atoms with Crippen LogP contribution in [0.25, 0.3) is 0 Å². The number of rotatable bonds is 3. The Morgan fingerprint density at radius 1 is 1.19 bits per heavy atom. The molecule has 1 fully saturated rings. The number of nitrogens with zero attached hydrogens (tertiary/aromatic N) is 1. The molecule has 2 aliphatic rings. The van der Waals surface area contributed by atoms with Crippen LogP contribution >= 0.6 is 11.6 Å². The van der Waals surface area contributed by atoms with Crippen molar-refractivity contribution in [3.63, 3.8) is 0 Å². The Morgan fingerprint density at radius 2 is 2.00 bits per heavy atom. The van der Waals surface area contributed by atoms with E-state index in [1.807, 2.05) is 0 Å². The van der Waals surface area contributed by atoms with Crippen molar-refractivity contribution in [2.75, 3.05) is 23.6 Å². The van der Waals surface area contributed by atoms with Gasteiger partial charge in [-0.2, -0.15) is 0 Å². The lowest BCUT2D eigenvalue weighted by Gasteiger charge is -2.17. The maximum absolute atomic E-state index is 12.5. The molecule has 7 nitrogen and oxygen atoms in total. The zero-order valence-corrected chi connectivity index (χ0v) is 14.3. The van der Waals surface area contributed by atoms with Gasteiger partial charge in [0.1, 0.15) is 5.75 Å². The Bertz CT molecular complexity index is 901. The zero-order valence-electron chi connectivity index (χ0n) is 13.6. The maximum atomic E-state index is 12.5. The third-order valence-corrected chi connectivity index (χ3v) is 4.62. The second kappa shape index (κ2) is 6.42. The topological polar surface area (TPSA) is 88.1 Å². The lowest BCUT2D eigenvalue weighted by molar-refractivity contribution is -0.122. The van der Waals surface area contributed by atoms with Crippen molar-refractivity contribution in [3.05, 3.63) is 41.4 Å². The van der Waals surface area contributed by atoms with Crippen LogP contribution < -0.4 is 19.7 Å². The predicted molar refractivity (Wildman–Crippen MR) is 94.8 cm³/mol. The van der Waals surface area contributed by atoms with Crippen LogP contribution in [0.1, 0.15) is 6.42 Å². The van der Waals surface area contributed by atoms with Crippen LogP contribution in [0.4, 0.5) is 11.4 Å². The van der Waals surface area contributed by atoms with Crippen LogP contribution in [0.15, 0.2) is 36.4 Å². The van der Waals surface area contributed by atoms with Crippen LogP contribution in [0.2, 0.25) is 5.02 Å². The van der Waals surface area contributed by atoms with Crippen LogP contribution in [-0.2, 0) is 9.59 Å². The third-order valence-electron chi connectivity index (χ3n) is 4.38. The first kappa shape index (κ1) is 16.5. The molecule has 0 radical (unpaired) electrons. The lowest BCUT2D eigenvalue weighted by Crippen LogP contribution is -2.28. The molecule has 0 saturated carbocycles. The van der Waals surface area contributed by atoms with Gasteiger partial charge in [0.2, 0.25) is 18.6 Å². The fraction of sp³-hybridized carbons (Fsp3) is 0.222. The fourth-order valence-corrected chi connectivity index (χ4v) is 3.20. The molecule has 2 heterocycles. The van der Waals surface area contributed by atoms with Crippen molar-refractivity contribution in [2.45, 2.75) is 6.42 Å². The van der Waals surface area contributed by atoms with E-state index in [4.69, 9.17) is 21.1 Å². The summed E-state index contributed by atoms with van der Waals surface area (Å²) >= 11 is 5.89. The van der Waals surface area contributed by atoms with Crippen molar-refractivity contribution >= 4 is 34.8 Å². The average Bonchev–Trinajstić information content (AvgIpc) is 3.23. The summed E-state index contributed by atoms with van der Waals surface area (Å²) in [6.07, 6.45) is 0.0849. The number of benzene rings is 2. The van der Waals surface area contributed by atoms with Gasteiger partial charge in [-0.1, -0.05) is 11.6 Å². The van der Waals surface area contributed by atoms with Gasteiger partial charge in [0.05, 0.1) is 11.6 Å². The summed E-state index contributed by atoms with van der Waals surface area (Å²) in [5, 5.41) is 12.8. The predicted octanol–water partition coefficient (Wildman–Crippen LogP) is 2.77. The molecule has 1 unspecified atom stereocenters. The molecule has 2 aromatic rings. The first-order chi connectivity index (χ1) is 12.5. The summed E-state index contributed by atoms with van der Waals surface area (Å²) < 4.78 is 10.6. The van der Waals surface area contributed by atoms with Crippen LogP contribution in [0, 0.1) is 5.92 Å². The summed E-state index contributed by atoms with van der Waals surface area (Å²) in [6, 6.07) is 9.60. The lowest BCUT2D eigenvalue weighted by atomic mass is 10.1. The number of phenolic OH excluding ortho intramolecular Hbond substituents is 1. The molecular formula is C18H15ClN2O5. The second-order valence-electron chi connectivity index (χ2n) is 6.09. The second-order valence-corrected chi connectivity index (χ2v) is 6.53. The smallest absolute Gasteiger partial charge is 0.231 e. The van der Waals surface area contributed by atoms with Crippen LogP contribution in [0.3, 0.4) is 0 Å². The maximum Gasteiger partial charge on any atom is 0.231 e. The third kappa shape index (κ3) is 3.01. The van der Waals surface area contributed by atoms with Gasteiger partial charge < -0.3 is 24.8 Å². The molecule has 2 aromatic carbocycles. The highest BCUT2D eigenvalue weighted by Gasteiger charge is 2.36. The number of hydrogen-bond acceptors (Lipinski definition) is 5. The SMILES string of the molecule is O=C(Nc1cc(Cl)ccc1O)C1CC(=O)N(c2ccc3c(c2)OCO3)C1. The fourth-order valence-electron chi connectivity index (χ4n) is 3.03. The van der Waals surface area contributed by atoms with Gasteiger partial charge in [0.25, 0.3) is 0 Å². The summed E-state index contributed by atoms with van der Waals surface area (Å²) in [7, 11) is 0. The van der Waals surface area contributed by atoms with Crippen molar-refractivity contribution in [1.29, 1.82) is 0 Å². The Morgan fingerprint density at radius 3 is 2.85 bits per heavy atom. The van der Waals surface area contributed by atoms with E-state index >= 15 is 0 Å². The number of ether oxygens (including phenoxy) is 2. The molecular weight excluding hydrogens is 360 g/mol. The molecule has 0 bridgehead atoms. The van der Waals surface area contributed by atoms with Crippen molar-refractivity contribution < 1.29 is 24.2 Å². The van der Waals surface area contributed by atoms with E-state index in [2.05, 4.69) is 5.32 Å². The Balaban J connectivity index is 1.49. The van der Waals surface area contributed by atoms with E-state index in [1.165, 1.54) is 18.2 Å². The van der Waals surface area contributed by atoms with Gasteiger partial charge in [0, 0.05) is 29.7 Å². The molecule has 0 aromatic heterocycles. The average molecular weight is 375 g/mol. The number of nitrogens with one attached hydrogen (secondary N) is 1. The van der Waals surface area contributed by atoms with E-state index in [0.29, 0.717) is 22.2 Å². The number of anilines is 2. The number of carbonyl (C=O) groups is 2. The monoisotopic (exact) mass is 374 g/mol. The normalized spacial score (nSPS) is 18.3. The number of hydrogen-bond donors (Lipinski definition) is 2. The van der Waals surface area contributed by atoms with E-state index in [-0.39, 0.29) is 43.0 Å². The highest BCUT2D eigenvalue weighted by Crippen LogP contribution is 2.37. The van der Waals surface area contributed by atoms with Gasteiger partial charge in [-0.05, 0) is 30.3 Å². The number of amides is 2. The van der Waals surface area contributed by atoms with Gasteiger partial charge in [-0.3, -0.25) is 9.59 Å². The number of phenols is 1. The van der Waals surface area contributed by atoms with Crippen molar-refractivity contribution in [3.8, 4) is 17.2 Å². The quantitative estimate of drug-likeness (QED) is 0.806. The Hall–Kier alpha value is -2.93. The number of carbonyl (C=O) groups excluding carboxylic acids is 2. The van der Waals surface area contributed by atoms with Crippen molar-refractivity contribution in [1.82, 2.24) is 0 Å². The van der Waals surface area contributed by atoms with Crippen molar-refractivity contribution in [2.24, 2.45) is 5.92 Å². The number of fused-ring (bicyclic) bond motifs is 1. The minimum absolute atomic E-state index is 0.0836. The number of halogens is 1. The van der Waals surface area contributed by atoms with E-state index < -0.39 is 5.92 Å². The Labute approximate surface area is 154 Å². The molecule has 1 saturated heterocycles. The molecule has 1 atom stereocenters. The highest BCUT2D eigenvalue weighted by molar-refractivity contribution is 6.31. The molecule has 0 spiro atoms. The molecule has 0 aliphatic carbocycles. The van der Waals surface area contributed by atoms with Gasteiger partial charge in [-0.25, -0.2) is 0 Å². The molecule has 134 valence electrons. The summed E-state index contributed by atoms with van der Waals surface area (Å²) in [5.74, 6) is 0.0858. The van der Waals surface area contributed by atoms with E-state index in [9.17, 15) is 14.7 Å². The van der Waals surface area contributed by atoms with Crippen LogP contribution in [0.5, 0.6) is 17.2 Å².